The van der Waals surface area contributed by atoms with Crippen molar-refractivity contribution in [3.63, 3.8) is 0 Å². The zero-order chi connectivity index (χ0) is 17.1. The van der Waals surface area contributed by atoms with Crippen molar-refractivity contribution in [2.45, 2.75) is 0 Å². The fourth-order valence-electron chi connectivity index (χ4n) is 2.26. The van der Waals surface area contributed by atoms with Crippen molar-refractivity contribution >= 4 is 34.5 Å². The minimum absolute atomic E-state index is 0.0325. The molecule has 1 heterocycles. The fourth-order valence-corrected chi connectivity index (χ4v) is 2.98. The van der Waals surface area contributed by atoms with Gasteiger partial charge >= 0.3 is 0 Å². The zero-order valence-corrected chi connectivity index (χ0v) is 13.6. The van der Waals surface area contributed by atoms with Crippen LogP contribution in [-0.4, -0.2) is 11.7 Å². The summed E-state index contributed by atoms with van der Waals surface area (Å²) in [6.07, 6.45) is 0. The molecule has 1 aromatic heterocycles. The topological polar surface area (TPSA) is 105 Å². The average molecular weight is 336 g/mol. The van der Waals surface area contributed by atoms with Crippen LogP contribution in [0, 0.1) is 5.41 Å². The monoisotopic (exact) mass is 336 g/mol. The third-order valence-corrected chi connectivity index (χ3v) is 4.48. The second-order valence-corrected chi connectivity index (χ2v) is 6.17. The lowest BCUT2D eigenvalue weighted by atomic mass is 10.1. The molecule has 0 aliphatic carbocycles. The lowest BCUT2D eigenvalue weighted by Gasteiger charge is -2.10. The van der Waals surface area contributed by atoms with Crippen LogP contribution in [-0.2, 0) is 0 Å². The van der Waals surface area contributed by atoms with Crippen LogP contribution < -0.4 is 16.8 Å². The molecule has 0 aliphatic heterocycles. The van der Waals surface area contributed by atoms with Gasteiger partial charge in [0.1, 0.15) is 5.84 Å². The Morgan fingerprint density at radius 2 is 1.75 bits per heavy atom. The quantitative estimate of drug-likeness (QED) is 0.333. The Morgan fingerprint density at radius 1 is 1.04 bits per heavy atom. The van der Waals surface area contributed by atoms with Crippen LogP contribution >= 0.6 is 11.3 Å². The molecule has 120 valence electrons. The molecule has 3 rings (SSSR count). The highest BCUT2D eigenvalue weighted by Gasteiger charge is 2.10. The zero-order valence-electron chi connectivity index (χ0n) is 12.7. The minimum atomic E-state index is -0.264. The summed E-state index contributed by atoms with van der Waals surface area (Å²) >= 11 is 1.62. The van der Waals surface area contributed by atoms with E-state index in [1.807, 2.05) is 29.6 Å². The predicted octanol–water partition coefficient (Wildman–Crippen LogP) is 3.53. The van der Waals surface area contributed by atoms with Crippen LogP contribution in [0.5, 0.6) is 0 Å². The van der Waals surface area contributed by atoms with Gasteiger partial charge < -0.3 is 16.8 Å². The van der Waals surface area contributed by atoms with E-state index in [0.29, 0.717) is 22.5 Å². The van der Waals surface area contributed by atoms with Crippen molar-refractivity contribution in [3.05, 3.63) is 71.1 Å². The minimum Gasteiger partial charge on any atom is -0.397 e. The number of anilines is 2. The Hall–Kier alpha value is -3.12. The number of amidine groups is 1. The van der Waals surface area contributed by atoms with E-state index in [9.17, 15) is 4.79 Å². The number of carbonyl (C=O) groups excluding carboxylic acids is 1. The molecule has 3 aromatic rings. The Morgan fingerprint density at radius 3 is 2.38 bits per heavy atom. The second kappa shape index (κ2) is 6.55. The maximum Gasteiger partial charge on any atom is 0.255 e. The Labute approximate surface area is 143 Å². The van der Waals surface area contributed by atoms with Crippen LogP contribution in [0.2, 0.25) is 0 Å². The molecule has 6 heteroatoms. The summed E-state index contributed by atoms with van der Waals surface area (Å²) < 4.78 is 0. The van der Waals surface area contributed by atoms with E-state index in [0.717, 1.165) is 10.4 Å². The number of hydrogen-bond donors (Lipinski definition) is 4. The molecule has 0 bridgehead atoms. The molecular weight excluding hydrogens is 320 g/mol. The average Bonchev–Trinajstić information content (AvgIpc) is 3.11. The molecule has 0 saturated carbocycles. The molecule has 2 aromatic carbocycles. The van der Waals surface area contributed by atoms with Gasteiger partial charge in [-0.15, -0.1) is 11.3 Å². The van der Waals surface area contributed by atoms with E-state index >= 15 is 0 Å². The van der Waals surface area contributed by atoms with Gasteiger partial charge in [-0.05, 0) is 41.3 Å². The van der Waals surface area contributed by atoms with E-state index < -0.39 is 0 Å². The molecule has 0 fully saturated rings. The van der Waals surface area contributed by atoms with Crippen LogP contribution in [0.25, 0.3) is 10.4 Å². The first-order valence-electron chi connectivity index (χ1n) is 7.24. The van der Waals surface area contributed by atoms with Crippen LogP contribution in [0.4, 0.5) is 11.4 Å². The maximum atomic E-state index is 12.4. The number of amides is 1. The number of nitrogen functional groups attached to an aromatic ring is 2. The smallest absolute Gasteiger partial charge is 0.255 e. The first kappa shape index (κ1) is 15.8. The molecule has 0 aliphatic rings. The highest BCUT2D eigenvalue weighted by molar-refractivity contribution is 7.13. The van der Waals surface area contributed by atoms with Crippen molar-refractivity contribution in [1.29, 1.82) is 5.41 Å². The summed E-state index contributed by atoms with van der Waals surface area (Å²) in [5, 5.41) is 12.2. The molecule has 1 amide bonds. The van der Waals surface area contributed by atoms with Crippen molar-refractivity contribution in [1.82, 2.24) is 0 Å². The van der Waals surface area contributed by atoms with Crippen LogP contribution in [0.1, 0.15) is 15.9 Å². The molecule has 0 atom stereocenters. The summed E-state index contributed by atoms with van der Waals surface area (Å²) in [5.74, 6) is -0.296. The van der Waals surface area contributed by atoms with Gasteiger partial charge in [-0.1, -0.05) is 24.3 Å². The first-order valence-corrected chi connectivity index (χ1v) is 8.12. The summed E-state index contributed by atoms with van der Waals surface area (Å²) in [6, 6.07) is 16.1. The number of benzene rings is 2. The fraction of sp³-hybridized carbons (Fsp3) is 0. The molecular formula is C18H16N4OS. The van der Waals surface area contributed by atoms with Gasteiger partial charge in [-0.3, -0.25) is 10.2 Å². The third kappa shape index (κ3) is 3.28. The third-order valence-electron chi connectivity index (χ3n) is 3.57. The largest absolute Gasteiger partial charge is 0.397 e. The summed E-state index contributed by atoms with van der Waals surface area (Å²) in [7, 11) is 0. The highest BCUT2D eigenvalue weighted by Crippen LogP contribution is 2.30. The van der Waals surface area contributed by atoms with Crippen molar-refractivity contribution in [3.8, 4) is 10.4 Å². The Kier molecular flexibility index (Phi) is 4.31. The normalized spacial score (nSPS) is 10.3. The number of nitrogens with two attached hydrogens (primary N) is 2. The van der Waals surface area contributed by atoms with Crippen molar-refractivity contribution in [2.24, 2.45) is 5.73 Å². The standard InChI is InChI=1S/C18H16N4OS/c19-14-8-7-13(16-2-1-9-24-16)10-15(14)22-18(23)12-5-3-11(4-6-12)17(20)21/h1-10H,19H2,(H3,20,21)(H,22,23). The van der Waals surface area contributed by atoms with E-state index in [1.165, 1.54) is 0 Å². The SMILES string of the molecule is N=C(N)c1ccc(C(=O)Nc2cc(-c3cccs3)ccc2N)cc1. The maximum absolute atomic E-state index is 12.4. The number of carbonyl (C=O) groups is 1. The van der Waals surface area contributed by atoms with E-state index in [1.54, 1.807) is 41.7 Å². The van der Waals surface area contributed by atoms with Crippen LogP contribution in [0.15, 0.2) is 60.0 Å². The molecule has 6 N–H and O–H groups in total. The molecule has 24 heavy (non-hydrogen) atoms. The van der Waals surface area contributed by atoms with Gasteiger partial charge in [0.15, 0.2) is 0 Å². The molecule has 0 unspecified atom stereocenters. The number of thiophene rings is 1. The van der Waals surface area contributed by atoms with Gasteiger partial charge in [0.2, 0.25) is 0 Å². The molecule has 0 spiro atoms. The number of rotatable bonds is 4. The van der Waals surface area contributed by atoms with E-state index in [2.05, 4.69) is 5.32 Å². The van der Waals surface area contributed by atoms with Gasteiger partial charge in [-0.2, -0.15) is 0 Å². The van der Waals surface area contributed by atoms with Crippen molar-refractivity contribution in [2.75, 3.05) is 11.1 Å². The molecule has 0 radical (unpaired) electrons. The van der Waals surface area contributed by atoms with Gasteiger partial charge in [0, 0.05) is 16.0 Å². The Balaban J connectivity index is 1.83. The van der Waals surface area contributed by atoms with Gasteiger partial charge in [-0.25, -0.2) is 0 Å². The van der Waals surface area contributed by atoms with Gasteiger partial charge in [0.05, 0.1) is 11.4 Å². The predicted molar refractivity (Wildman–Crippen MR) is 99.6 cm³/mol. The summed E-state index contributed by atoms with van der Waals surface area (Å²) in [6.45, 7) is 0. The summed E-state index contributed by atoms with van der Waals surface area (Å²) in [4.78, 5) is 13.5. The Bertz CT molecular complexity index is 886. The molecule has 0 saturated heterocycles. The van der Waals surface area contributed by atoms with Gasteiger partial charge in [0.25, 0.3) is 5.91 Å². The molecule has 5 nitrogen and oxygen atoms in total. The lowest BCUT2D eigenvalue weighted by molar-refractivity contribution is 0.102. The van der Waals surface area contributed by atoms with E-state index in [-0.39, 0.29) is 11.7 Å². The van der Waals surface area contributed by atoms with Crippen LogP contribution in [0.3, 0.4) is 0 Å². The first-order chi connectivity index (χ1) is 11.5. The summed E-state index contributed by atoms with van der Waals surface area (Å²) in [5.41, 5.74) is 14.5. The van der Waals surface area contributed by atoms with E-state index in [4.69, 9.17) is 16.9 Å². The number of hydrogen-bond acceptors (Lipinski definition) is 4. The highest BCUT2D eigenvalue weighted by atomic mass is 32.1. The van der Waals surface area contributed by atoms with Crippen molar-refractivity contribution < 1.29 is 4.79 Å². The lowest BCUT2D eigenvalue weighted by Crippen LogP contribution is -2.15. The second-order valence-electron chi connectivity index (χ2n) is 5.22. The number of nitrogens with one attached hydrogen (secondary N) is 2.